The van der Waals surface area contributed by atoms with E-state index in [1.165, 1.54) is 0 Å². The second-order valence-electron chi connectivity index (χ2n) is 7.12. The molecule has 4 rings (SSSR count). The van der Waals surface area contributed by atoms with Crippen LogP contribution in [0.2, 0.25) is 5.02 Å². The van der Waals surface area contributed by atoms with E-state index in [0.29, 0.717) is 15.9 Å². The Balaban J connectivity index is 1.92. The van der Waals surface area contributed by atoms with Crippen molar-refractivity contribution in [3.8, 4) is 5.75 Å². The first-order valence-electron chi connectivity index (χ1n) is 9.18. The molecule has 0 amide bonds. The van der Waals surface area contributed by atoms with Gasteiger partial charge in [-0.15, -0.1) is 0 Å². The van der Waals surface area contributed by atoms with Gasteiger partial charge in [-0.2, -0.15) is 0 Å². The number of esters is 1. The Labute approximate surface area is 174 Å². The first-order chi connectivity index (χ1) is 13.4. The molecule has 0 spiro atoms. The third-order valence-electron chi connectivity index (χ3n) is 5.36. The molecule has 1 N–H and O–H groups in total. The van der Waals surface area contributed by atoms with Crippen molar-refractivity contribution >= 4 is 40.6 Å². The number of ether oxygens (including phenoxy) is 2. The van der Waals surface area contributed by atoms with E-state index in [4.69, 9.17) is 33.3 Å². The van der Waals surface area contributed by atoms with Gasteiger partial charge in [0.25, 0.3) is 0 Å². The highest BCUT2D eigenvalue weighted by Gasteiger charge is 2.60. The van der Waals surface area contributed by atoms with Crippen molar-refractivity contribution in [1.29, 1.82) is 0 Å². The second-order valence-corrected chi connectivity index (χ2v) is 7.94. The standard InChI is InChI=1S/C21H21ClN2O3S/c1-4-26-19(25)17-18-14-11-13(22)9-10-16(14)27-21(17,3)24(20(28)23-18)15-8-6-5-7-12(15)2/h5-11,17-18H,4H2,1-3H3,(H,23,28)/t17-,18-,21+/m1/s1. The Kier molecular flexibility index (Phi) is 4.71. The normalized spacial score (nSPS) is 25.4. The molecule has 0 saturated carbocycles. The minimum Gasteiger partial charge on any atom is -0.466 e. The van der Waals surface area contributed by atoms with Gasteiger partial charge in [0, 0.05) is 16.3 Å². The van der Waals surface area contributed by atoms with Gasteiger partial charge in [0.2, 0.25) is 5.72 Å². The maximum Gasteiger partial charge on any atom is 0.317 e. The Morgan fingerprint density at radius 3 is 2.82 bits per heavy atom. The van der Waals surface area contributed by atoms with E-state index >= 15 is 0 Å². The Morgan fingerprint density at radius 2 is 2.11 bits per heavy atom. The summed E-state index contributed by atoms with van der Waals surface area (Å²) in [6.07, 6.45) is 0. The van der Waals surface area contributed by atoms with E-state index in [1.54, 1.807) is 13.0 Å². The van der Waals surface area contributed by atoms with Crippen molar-refractivity contribution < 1.29 is 14.3 Å². The number of benzene rings is 2. The topological polar surface area (TPSA) is 50.8 Å². The first-order valence-corrected chi connectivity index (χ1v) is 9.97. The average molecular weight is 417 g/mol. The lowest BCUT2D eigenvalue weighted by atomic mass is 9.79. The predicted octanol–water partition coefficient (Wildman–Crippen LogP) is 4.37. The molecule has 3 atom stereocenters. The maximum absolute atomic E-state index is 13.0. The molecule has 146 valence electrons. The third kappa shape index (κ3) is 2.83. The van der Waals surface area contributed by atoms with E-state index in [1.807, 2.05) is 55.1 Å². The van der Waals surface area contributed by atoms with E-state index < -0.39 is 11.6 Å². The number of fused-ring (bicyclic) bond motifs is 4. The maximum atomic E-state index is 13.0. The van der Waals surface area contributed by atoms with Gasteiger partial charge in [-0.1, -0.05) is 29.8 Å². The van der Waals surface area contributed by atoms with Gasteiger partial charge in [0.05, 0.1) is 12.6 Å². The van der Waals surface area contributed by atoms with Crippen LogP contribution in [0.15, 0.2) is 42.5 Å². The fourth-order valence-electron chi connectivity index (χ4n) is 4.12. The quantitative estimate of drug-likeness (QED) is 0.592. The summed E-state index contributed by atoms with van der Waals surface area (Å²) in [6.45, 7) is 5.97. The summed E-state index contributed by atoms with van der Waals surface area (Å²) in [7, 11) is 0. The monoisotopic (exact) mass is 416 g/mol. The second kappa shape index (κ2) is 6.94. The molecular formula is C21H21ClN2O3S. The van der Waals surface area contributed by atoms with Crippen LogP contribution in [0.25, 0.3) is 0 Å². The summed E-state index contributed by atoms with van der Waals surface area (Å²) < 4.78 is 11.9. The lowest BCUT2D eigenvalue weighted by Gasteiger charge is -2.55. The van der Waals surface area contributed by atoms with Gasteiger partial charge < -0.3 is 14.8 Å². The van der Waals surface area contributed by atoms with Crippen LogP contribution in [0, 0.1) is 12.8 Å². The lowest BCUT2D eigenvalue weighted by molar-refractivity contribution is -0.159. The molecule has 2 aliphatic heterocycles. The first kappa shape index (κ1) is 19.0. The van der Waals surface area contributed by atoms with Crippen molar-refractivity contribution in [1.82, 2.24) is 5.32 Å². The molecule has 7 heteroatoms. The van der Waals surface area contributed by atoms with Crippen molar-refractivity contribution in [2.24, 2.45) is 5.92 Å². The molecule has 5 nitrogen and oxygen atoms in total. The number of hydrogen-bond acceptors (Lipinski definition) is 4. The highest BCUT2D eigenvalue weighted by Crippen LogP contribution is 2.50. The Morgan fingerprint density at radius 1 is 1.36 bits per heavy atom. The van der Waals surface area contributed by atoms with Crippen LogP contribution in [0.3, 0.4) is 0 Å². The zero-order valence-electron chi connectivity index (χ0n) is 15.9. The molecule has 2 aromatic rings. The number of aryl methyl sites for hydroxylation is 1. The van der Waals surface area contributed by atoms with Gasteiger partial charge >= 0.3 is 5.97 Å². The number of hydrogen-bond donors (Lipinski definition) is 1. The van der Waals surface area contributed by atoms with Crippen LogP contribution in [-0.4, -0.2) is 23.4 Å². The number of carbonyl (C=O) groups is 1. The Bertz CT molecular complexity index is 966. The molecule has 0 aliphatic carbocycles. The zero-order valence-corrected chi connectivity index (χ0v) is 17.4. The number of halogens is 1. The number of rotatable bonds is 3. The number of para-hydroxylation sites is 1. The summed E-state index contributed by atoms with van der Waals surface area (Å²) in [4.78, 5) is 14.9. The van der Waals surface area contributed by atoms with Crippen molar-refractivity contribution in [3.05, 3.63) is 58.6 Å². The molecule has 2 aromatic carbocycles. The summed E-state index contributed by atoms with van der Waals surface area (Å²) in [5.41, 5.74) is 1.66. The van der Waals surface area contributed by atoms with Crippen LogP contribution in [0.1, 0.15) is 31.0 Å². The number of nitrogens with zero attached hydrogens (tertiary/aromatic N) is 1. The van der Waals surface area contributed by atoms with E-state index in [2.05, 4.69) is 5.32 Å². The van der Waals surface area contributed by atoms with Gasteiger partial charge in [-0.25, -0.2) is 0 Å². The van der Waals surface area contributed by atoms with Gasteiger partial charge in [0.15, 0.2) is 5.11 Å². The minimum absolute atomic E-state index is 0.287. The van der Waals surface area contributed by atoms with Crippen LogP contribution in [-0.2, 0) is 9.53 Å². The van der Waals surface area contributed by atoms with Gasteiger partial charge in [-0.3, -0.25) is 9.69 Å². The van der Waals surface area contributed by atoms with E-state index in [0.717, 1.165) is 16.8 Å². The fraction of sp³-hybridized carbons (Fsp3) is 0.333. The minimum atomic E-state index is -1.05. The summed E-state index contributed by atoms with van der Waals surface area (Å²) in [6, 6.07) is 12.9. The van der Waals surface area contributed by atoms with E-state index in [-0.39, 0.29) is 18.6 Å². The summed E-state index contributed by atoms with van der Waals surface area (Å²) >= 11 is 11.9. The number of thiocarbonyl (C=S) groups is 1. The number of carbonyl (C=O) groups excluding carboxylic acids is 1. The van der Waals surface area contributed by atoms with Gasteiger partial charge in [-0.05, 0) is 62.8 Å². The molecule has 0 unspecified atom stereocenters. The predicted molar refractivity (Wildman–Crippen MR) is 113 cm³/mol. The molecule has 28 heavy (non-hydrogen) atoms. The number of nitrogens with one attached hydrogen (secondary N) is 1. The Hall–Kier alpha value is -2.31. The molecule has 1 saturated heterocycles. The lowest BCUT2D eigenvalue weighted by Crippen LogP contribution is -2.71. The molecule has 0 aromatic heterocycles. The highest BCUT2D eigenvalue weighted by atomic mass is 35.5. The molecule has 0 radical (unpaired) electrons. The highest BCUT2D eigenvalue weighted by molar-refractivity contribution is 7.80. The third-order valence-corrected chi connectivity index (χ3v) is 5.89. The zero-order chi connectivity index (χ0) is 20.1. The number of anilines is 1. The SMILES string of the molecule is CCOC(=O)[C@H]1[C@@H]2NC(=S)N(c3ccccc3C)[C@@]1(C)Oc1ccc(Cl)cc12. The summed E-state index contributed by atoms with van der Waals surface area (Å²) in [5.74, 6) is -0.301. The van der Waals surface area contributed by atoms with Gasteiger partial charge in [0.1, 0.15) is 11.7 Å². The van der Waals surface area contributed by atoms with Crippen molar-refractivity contribution in [3.63, 3.8) is 0 Å². The molecule has 2 bridgehead atoms. The van der Waals surface area contributed by atoms with Crippen molar-refractivity contribution in [2.45, 2.75) is 32.5 Å². The van der Waals surface area contributed by atoms with Crippen LogP contribution in [0.4, 0.5) is 5.69 Å². The van der Waals surface area contributed by atoms with Crippen LogP contribution >= 0.6 is 23.8 Å². The van der Waals surface area contributed by atoms with Crippen LogP contribution in [0.5, 0.6) is 5.75 Å². The largest absolute Gasteiger partial charge is 0.466 e. The smallest absolute Gasteiger partial charge is 0.317 e. The van der Waals surface area contributed by atoms with Crippen molar-refractivity contribution in [2.75, 3.05) is 11.5 Å². The summed E-state index contributed by atoms with van der Waals surface area (Å²) in [5, 5.41) is 4.40. The molecule has 1 fully saturated rings. The fourth-order valence-corrected chi connectivity index (χ4v) is 4.71. The molecular weight excluding hydrogens is 396 g/mol. The molecule has 2 heterocycles. The van der Waals surface area contributed by atoms with Crippen LogP contribution < -0.4 is 15.0 Å². The average Bonchev–Trinajstić information content (AvgIpc) is 2.63. The van der Waals surface area contributed by atoms with E-state index in [9.17, 15) is 4.79 Å². The molecule has 2 aliphatic rings.